The van der Waals surface area contributed by atoms with E-state index in [2.05, 4.69) is 5.32 Å². The Morgan fingerprint density at radius 1 is 1.28 bits per heavy atom. The summed E-state index contributed by atoms with van der Waals surface area (Å²) in [4.78, 5) is 24.6. The Morgan fingerprint density at radius 3 is 2.32 bits per heavy atom. The molecule has 25 heavy (non-hydrogen) atoms. The molecule has 1 saturated carbocycles. The van der Waals surface area contributed by atoms with Gasteiger partial charge in [-0.1, -0.05) is 12.8 Å². The number of aliphatic carboxylic acids is 1. The maximum absolute atomic E-state index is 13.1. The summed E-state index contributed by atoms with van der Waals surface area (Å²) in [6.07, 6.45) is -3.48. The molecular formula is C16H25F3N2O4. The fraction of sp³-hybridized carbons (Fsp3) is 0.875. The molecule has 1 aliphatic carbocycles. The van der Waals surface area contributed by atoms with Crippen LogP contribution in [0.4, 0.5) is 18.0 Å². The van der Waals surface area contributed by atoms with Crippen molar-refractivity contribution >= 4 is 12.0 Å². The minimum absolute atomic E-state index is 0.203. The zero-order valence-corrected chi connectivity index (χ0v) is 14.3. The molecule has 1 aliphatic heterocycles. The third-order valence-electron chi connectivity index (χ3n) is 5.13. The second-order valence-electron chi connectivity index (χ2n) is 7.11. The number of piperidine rings is 1. The number of nitrogens with one attached hydrogen (secondary N) is 1. The largest absolute Gasteiger partial charge is 0.481 e. The van der Waals surface area contributed by atoms with E-state index in [4.69, 9.17) is 9.84 Å². The predicted molar refractivity (Wildman–Crippen MR) is 83.1 cm³/mol. The minimum atomic E-state index is -4.54. The summed E-state index contributed by atoms with van der Waals surface area (Å²) in [6, 6.07) is -0.614. The maximum atomic E-state index is 13.1. The lowest BCUT2D eigenvalue weighted by Gasteiger charge is -2.36. The molecule has 0 aromatic carbocycles. The van der Waals surface area contributed by atoms with Gasteiger partial charge in [0, 0.05) is 13.1 Å². The zero-order chi connectivity index (χ0) is 18.7. The van der Waals surface area contributed by atoms with Crippen LogP contribution in [0, 0.1) is 5.41 Å². The van der Waals surface area contributed by atoms with Crippen molar-refractivity contribution in [3.8, 4) is 0 Å². The Balaban J connectivity index is 1.83. The molecular weight excluding hydrogens is 341 g/mol. The van der Waals surface area contributed by atoms with Crippen LogP contribution < -0.4 is 5.32 Å². The molecule has 0 spiro atoms. The van der Waals surface area contributed by atoms with Crippen molar-refractivity contribution in [2.24, 2.45) is 5.41 Å². The first-order chi connectivity index (χ1) is 11.6. The molecule has 2 amide bonds. The summed E-state index contributed by atoms with van der Waals surface area (Å²) >= 11 is 0. The van der Waals surface area contributed by atoms with Crippen LogP contribution in [-0.2, 0) is 9.53 Å². The number of alkyl halides is 3. The summed E-state index contributed by atoms with van der Waals surface area (Å²) in [6.45, 7) is 1.38. The van der Waals surface area contributed by atoms with Crippen molar-refractivity contribution in [1.29, 1.82) is 0 Å². The Bertz CT molecular complexity index is 484. The molecule has 1 heterocycles. The highest BCUT2D eigenvalue weighted by Gasteiger charge is 2.43. The van der Waals surface area contributed by atoms with Gasteiger partial charge >= 0.3 is 18.2 Å². The lowest BCUT2D eigenvalue weighted by molar-refractivity contribution is -0.229. The van der Waals surface area contributed by atoms with Gasteiger partial charge in [-0.25, -0.2) is 4.79 Å². The maximum Gasteiger partial charge on any atom is 0.416 e. The van der Waals surface area contributed by atoms with E-state index in [9.17, 15) is 22.8 Å². The normalized spacial score (nSPS) is 22.6. The number of carboxylic acid groups (broad SMARTS) is 1. The molecule has 9 heteroatoms. The number of hydrogen-bond acceptors (Lipinski definition) is 3. The third-order valence-corrected chi connectivity index (χ3v) is 5.13. The van der Waals surface area contributed by atoms with Gasteiger partial charge in [-0.15, -0.1) is 0 Å². The molecule has 144 valence electrons. The van der Waals surface area contributed by atoms with E-state index < -0.39 is 42.3 Å². The van der Waals surface area contributed by atoms with Crippen molar-refractivity contribution in [1.82, 2.24) is 10.2 Å². The Labute approximate surface area is 144 Å². The number of amides is 2. The smallest absolute Gasteiger partial charge is 0.416 e. The SMILES string of the molecule is CC1(C(=O)O)CCN(C(=O)NCC(OC2CCCC2)C(F)(F)F)CC1. The van der Waals surface area contributed by atoms with Crippen LogP contribution in [0.1, 0.15) is 45.4 Å². The Morgan fingerprint density at radius 2 is 1.84 bits per heavy atom. The van der Waals surface area contributed by atoms with Gasteiger partial charge in [0.15, 0.2) is 6.10 Å². The number of halogens is 3. The van der Waals surface area contributed by atoms with E-state index >= 15 is 0 Å². The van der Waals surface area contributed by atoms with Crippen molar-refractivity contribution in [3.05, 3.63) is 0 Å². The average molecular weight is 366 g/mol. The van der Waals surface area contributed by atoms with E-state index in [-0.39, 0.29) is 25.9 Å². The number of urea groups is 1. The standard InChI is InChI=1S/C16H25F3N2O4/c1-15(13(22)23)6-8-21(9-7-15)14(24)20-10-12(16(17,18)19)25-11-4-2-3-5-11/h11-12H,2-10H2,1H3,(H,20,24)(H,22,23). The average Bonchev–Trinajstić information content (AvgIpc) is 3.03. The van der Waals surface area contributed by atoms with Gasteiger partial charge in [0.05, 0.1) is 18.1 Å². The summed E-state index contributed by atoms with van der Waals surface area (Å²) < 4.78 is 44.4. The van der Waals surface area contributed by atoms with Crippen LogP contribution in [0.25, 0.3) is 0 Å². The first kappa shape index (κ1) is 19.8. The molecule has 0 aromatic heterocycles. The monoisotopic (exact) mass is 366 g/mol. The molecule has 1 saturated heterocycles. The fourth-order valence-electron chi connectivity index (χ4n) is 3.21. The van der Waals surface area contributed by atoms with E-state index in [1.165, 1.54) is 4.90 Å². The van der Waals surface area contributed by atoms with Crippen LogP contribution in [0.15, 0.2) is 0 Å². The number of hydrogen-bond donors (Lipinski definition) is 2. The second kappa shape index (κ2) is 7.80. The fourth-order valence-corrected chi connectivity index (χ4v) is 3.21. The van der Waals surface area contributed by atoms with Crippen LogP contribution >= 0.6 is 0 Å². The molecule has 2 rings (SSSR count). The van der Waals surface area contributed by atoms with Crippen molar-refractivity contribution in [2.45, 2.75) is 63.8 Å². The van der Waals surface area contributed by atoms with E-state index in [1.807, 2.05) is 0 Å². The van der Waals surface area contributed by atoms with Crippen molar-refractivity contribution in [2.75, 3.05) is 19.6 Å². The number of carbonyl (C=O) groups excluding carboxylic acids is 1. The van der Waals surface area contributed by atoms with E-state index in [0.717, 1.165) is 12.8 Å². The summed E-state index contributed by atoms with van der Waals surface area (Å²) in [7, 11) is 0. The van der Waals surface area contributed by atoms with Gasteiger partial charge in [0.2, 0.25) is 0 Å². The van der Waals surface area contributed by atoms with Crippen molar-refractivity contribution < 1.29 is 32.6 Å². The number of ether oxygens (including phenoxy) is 1. The first-order valence-corrected chi connectivity index (χ1v) is 8.60. The number of carbonyl (C=O) groups is 2. The highest BCUT2D eigenvalue weighted by Crippen LogP contribution is 2.31. The molecule has 1 unspecified atom stereocenters. The van der Waals surface area contributed by atoms with Crippen LogP contribution in [-0.4, -0.2) is 60.0 Å². The lowest BCUT2D eigenvalue weighted by Crippen LogP contribution is -2.51. The van der Waals surface area contributed by atoms with Gasteiger partial charge in [0.25, 0.3) is 0 Å². The number of nitrogens with zero attached hydrogens (tertiary/aromatic N) is 1. The number of rotatable bonds is 5. The predicted octanol–water partition coefficient (Wildman–Crippen LogP) is 2.77. The molecule has 2 N–H and O–H groups in total. The van der Waals surface area contributed by atoms with Crippen molar-refractivity contribution in [3.63, 3.8) is 0 Å². The number of carboxylic acids is 1. The van der Waals surface area contributed by atoms with Crippen LogP contribution in [0.5, 0.6) is 0 Å². The quantitative estimate of drug-likeness (QED) is 0.784. The molecule has 1 atom stereocenters. The summed E-state index contributed by atoms with van der Waals surface area (Å²) in [5, 5.41) is 11.4. The minimum Gasteiger partial charge on any atom is -0.481 e. The molecule has 0 aromatic rings. The van der Waals surface area contributed by atoms with Gasteiger partial charge in [0.1, 0.15) is 0 Å². The molecule has 2 fully saturated rings. The highest BCUT2D eigenvalue weighted by molar-refractivity contribution is 5.77. The van der Waals surface area contributed by atoms with E-state index in [0.29, 0.717) is 12.8 Å². The Hall–Kier alpha value is -1.51. The summed E-state index contributed by atoms with van der Waals surface area (Å²) in [5.41, 5.74) is -0.892. The summed E-state index contributed by atoms with van der Waals surface area (Å²) in [5.74, 6) is -0.922. The highest BCUT2D eigenvalue weighted by atomic mass is 19.4. The lowest BCUT2D eigenvalue weighted by atomic mass is 9.80. The van der Waals surface area contributed by atoms with E-state index in [1.54, 1.807) is 6.92 Å². The van der Waals surface area contributed by atoms with Gasteiger partial charge < -0.3 is 20.1 Å². The molecule has 6 nitrogen and oxygen atoms in total. The van der Waals surface area contributed by atoms with Crippen LogP contribution in [0.2, 0.25) is 0 Å². The first-order valence-electron chi connectivity index (χ1n) is 8.60. The zero-order valence-electron chi connectivity index (χ0n) is 14.3. The van der Waals surface area contributed by atoms with Gasteiger partial charge in [-0.3, -0.25) is 4.79 Å². The van der Waals surface area contributed by atoms with Gasteiger partial charge in [-0.2, -0.15) is 13.2 Å². The Kier molecular flexibility index (Phi) is 6.18. The topological polar surface area (TPSA) is 78.9 Å². The van der Waals surface area contributed by atoms with Gasteiger partial charge in [-0.05, 0) is 32.6 Å². The van der Waals surface area contributed by atoms with Crippen LogP contribution in [0.3, 0.4) is 0 Å². The molecule has 0 radical (unpaired) electrons. The molecule has 2 aliphatic rings. The second-order valence-corrected chi connectivity index (χ2v) is 7.11. The third kappa shape index (κ3) is 5.23. The molecule has 0 bridgehead atoms. The number of likely N-dealkylation sites (tertiary alicyclic amines) is 1.